The van der Waals surface area contributed by atoms with Crippen LogP contribution in [-0.4, -0.2) is 43.8 Å². The number of hydrogen-bond donors (Lipinski definition) is 3. The second-order valence-corrected chi connectivity index (χ2v) is 6.84. The average Bonchev–Trinajstić information content (AvgIpc) is 3.20. The lowest BCUT2D eigenvalue weighted by atomic mass is 10.2. The van der Waals surface area contributed by atoms with Gasteiger partial charge < -0.3 is 16.0 Å². The van der Waals surface area contributed by atoms with Crippen molar-refractivity contribution in [3.05, 3.63) is 60.0 Å². The molecule has 0 saturated carbocycles. The molecule has 4 aromatic rings. The standard InChI is InChI=1S/C21H23N11/c1-13-8-10-15(11-9-13)26-20-27-18(22-3)17(19(23-4)28-20)29-30-21-25-14(2)31-32(21)16-7-5-6-12-24-16/h5-12H,1-4H3,(H3,22,23,26,27,28). The lowest BCUT2D eigenvalue weighted by Gasteiger charge is -2.12. The minimum atomic E-state index is 0.298. The Balaban J connectivity index is 1.68. The Hall–Kier alpha value is -4.41. The molecule has 3 aromatic heterocycles. The number of benzene rings is 1. The highest BCUT2D eigenvalue weighted by molar-refractivity contribution is 5.76. The first kappa shape index (κ1) is 20.8. The van der Waals surface area contributed by atoms with E-state index >= 15 is 0 Å². The molecule has 0 fully saturated rings. The fourth-order valence-electron chi connectivity index (χ4n) is 2.92. The van der Waals surface area contributed by atoms with Gasteiger partial charge >= 0.3 is 0 Å². The van der Waals surface area contributed by atoms with E-state index in [1.165, 1.54) is 10.2 Å². The lowest BCUT2D eigenvalue weighted by Crippen LogP contribution is -2.05. The fourth-order valence-corrected chi connectivity index (χ4v) is 2.92. The van der Waals surface area contributed by atoms with Crippen LogP contribution in [0.15, 0.2) is 58.9 Å². The third-order valence-corrected chi connectivity index (χ3v) is 4.47. The third kappa shape index (κ3) is 4.51. The molecule has 0 unspecified atom stereocenters. The van der Waals surface area contributed by atoms with Crippen molar-refractivity contribution in [2.45, 2.75) is 13.8 Å². The van der Waals surface area contributed by atoms with Crippen molar-refractivity contribution in [3.8, 4) is 5.82 Å². The Labute approximate surface area is 185 Å². The molecule has 0 spiro atoms. The molecule has 0 amide bonds. The van der Waals surface area contributed by atoms with Crippen molar-refractivity contribution < 1.29 is 0 Å². The molecule has 3 heterocycles. The second kappa shape index (κ2) is 9.16. The maximum atomic E-state index is 4.53. The number of azo groups is 1. The minimum Gasteiger partial charge on any atom is -0.371 e. The van der Waals surface area contributed by atoms with E-state index in [4.69, 9.17) is 0 Å². The Morgan fingerprint density at radius 1 is 0.844 bits per heavy atom. The van der Waals surface area contributed by atoms with Gasteiger partial charge in [0.2, 0.25) is 5.95 Å². The molecule has 0 aliphatic heterocycles. The first-order valence-corrected chi connectivity index (χ1v) is 9.95. The summed E-state index contributed by atoms with van der Waals surface area (Å²) in [6.45, 7) is 3.82. The van der Waals surface area contributed by atoms with Gasteiger partial charge in [-0.15, -0.1) is 15.3 Å². The Bertz CT molecular complexity index is 1210. The number of rotatable bonds is 7. The number of pyridine rings is 1. The number of anilines is 4. The van der Waals surface area contributed by atoms with Crippen LogP contribution in [0.3, 0.4) is 0 Å². The maximum absolute atomic E-state index is 4.53. The summed E-state index contributed by atoms with van der Waals surface area (Å²) in [5, 5.41) is 22.4. The molecule has 162 valence electrons. The lowest BCUT2D eigenvalue weighted by molar-refractivity contribution is 0.826. The quantitative estimate of drug-likeness (QED) is 0.370. The summed E-state index contributed by atoms with van der Waals surface area (Å²) in [5.74, 6) is 2.88. The maximum Gasteiger partial charge on any atom is 0.273 e. The number of nitrogens with one attached hydrogen (secondary N) is 3. The van der Waals surface area contributed by atoms with E-state index in [1.807, 2.05) is 49.4 Å². The third-order valence-electron chi connectivity index (χ3n) is 4.47. The SMILES string of the molecule is CNc1nc(Nc2ccc(C)cc2)nc(NC)c1N=Nc1nc(C)nn1-c1ccccn1. The van der Waals surface area contributed by atoms with Gasteiger partial charge in [0.1, 0.15) is 5.82 Å². The van der Waals surface area contributed by atoms with Crippen LogP contribution in [0.5, 0.6) is 0 Å². The van der Waals surface area contributed by atoms with Gasteiger partial charge in [-0.25, -0.2) is 4.98 Å². The second-order valence-electron chi connectivity index (χ2n) is 6.84. The van der Waals surface area contributed by atoms with Gasteiger partial charge in [-0.3, -0.25) is 0 Å². The van der Waals surface area contributed by atoms with Crippen LogP contribution in [0, 0.1) is 13.8 Å². The normalized spacial score (nSPS) is 11.0. The molecule has 0 atom stereocenters. The monoisotopic (exact) mass is 429 g/mol. The van der Waals surface area contributed by atoms with Crippen LogP contribution in [0.25, 0.3) is 5.82 Å². The molecule has 0 radical (unpaired) electrons. The highest BCUT2D eigenvalue weighted by atomic mass is 15.4. The van der Waals surface area contributed by atoms with Crippen LogP contribution < -0.4 is 16.0 Å². The molecular formula is C21H23N11. The van der Waals surface area contributed by atoms with Crippen molar-refractivity contribution in [2.24, 2.45) is 10.2 Å². The number of aromatic nitrogens is 6. The van der Waals surface area contributed by atoms with E-state index < -0.39 is 0 Å². The summed E-state index contributed by atoms with van der Waals surface area (Å²) >= 11 is 0. The first-order valence-electron chi connectivity index (χ1n) is 9.95. The molecule has 0 aliphatic rings. The molecule has 0 aliphatic carbocycles. The average molecular weight is 429 g/mol. The van der Waals surface area contributed by atoms with Crippen molar-refractivity contribution in [2.75, 3.05) is 30.0 Å². The fraction of sp³-hybridized carbons (Fsp3) is 0.190. The van der Waals surface area contributed by atoms with Crippen molar-refractivity contribution in [1.82, 2.24) is 29.7 Å². The molecule has 0 bridgehead atoms. The van der Waals surface area contributed by atoms with Gasteiger partial charge in [-0.1, -0.05) is 23.8 Å². The van der Waals surface area contributed by atoms with Gasteiger partial charge in [-0.2, -0.15) is 19.6 Å². The molecular weight excluding hydrogens is 406 g/mol. The van der Waals surface area contributed by atoms with Gasteiger partial charge in [0.25, 0.3) is 5.95 Å². The van der Waals surface area contributed by atoms with Gasteiger partial charge in [0.15, 0.2) is 23.1 Å². The predicted molar refractivity (Wildman–Crippen MR) is 124 cm³/mol. The molecule has 11 nitrogen and oxygen atoms in total. The summed E-state index contributed by atoms with van der Waals surface area (Å²) in [6.07, 6.45) is 1.68. The molecule has 0 saturated heterocycles. The van der Waals surface area contributed by atoms with Crippen LogP contribution in [0.4, 0.5) is 34.9 Å². The van der Waals surface area contributed by atoms with E-state index in [1.54, 1.807) is 27.2 Å². The summed E-state index contributed by atoms with van der Waals surface area (Å²) < 4.78 is 1.53. The smallest absolute Gasteiger partial charge is 0.273 e. The largest absolute Gasteiger partial charge is 0.371 e. The highest BCUT2D eigenvalue weighted by Gasteiger charge is 2.15. The van der Waals surface area contributed by atoms with Crippen LogP contribution >= 0.6 is 0 Å². The molecule has 4 rings (SSSR count). The predicted octanol–water partition coefficient (Wildman–Crippen LogP) is 4.31. The van der Waals surface area contributed by atoms with Crippen LogP contribution in [0.1, 0.15) is 11.4 Å². The van der Waals surface area contributed by atoms with E-state index in [2.05, 4.69) is 51.2 Å². The Kier molecular flexibility index (Phi) is 5.97. The van der Waals surface area contributed by atoms with E-state index in [-0.39, 0.29) is 0 Å². The summed E-state index contributed by atoms with van der Waals surface area (Å²) in [5.41, 5.74) is 2.50. The summed E-state index contributed by atoms with van der Waals surface area (Å²) in [7, 11) is 3.52. The van der Waals surface area contributed by atoms with E-state index in [0.29, 0.717) is 40.9 Å². The number of nitrogens with zero attached hydrogens (tertiary/aromatic N) is 8. The summed E-state index contributed by atoms with van der Waals surface area (Å²) in [4.78, 5) is 17.7. The molecule has 32 heavy (non-hydrogen) atoms. The van der Waals surface area contributed by atoms with Crippen molar-refractivity contribution in [1.29, 1.82) is 0 Å². The van der Waals surface area contributed by atoms with E-state index in [0.717, 1.165) is 5.69 Å². The van der Waals surface area contributed by atoms with Gasteiger partial charge in [0, 0.05) is 26.0 Å². The topological polar surface area (TPSA) is 130 Å². The Morgan fingerprint density at radius 3 is 2.19 bits per heavy atom. The molecule has 3 N–H and O–H groups in total. The molecule has 11 heteroatoms. The number of aryl methyl sites for hydroxylation is 2. The van der Waals surface area contributed by atoms with Gasteiger partial charge in [0.05, 0.1) is 0 Å². The van der Waals surface area contributed by atoms with Gasteiger partial charge in [-0.05, 0) is 38.1 Å². The van der Waals surface area contributed by atoms with Crippen molar-refractivity contribution >= 4 is 34.9 Å². The zero-order valence-electron chi connectivity index (χ0n) is 18.2. The molecule has 1 aromatic carbocycles. The van der Waals surface area contributed by atoms with Crippen LogP contribution in [0.2, 0.25) is 0 Å². The minimum absolute atomic E-state index is 0.298. The first-order chi connectivity index (χ1) is 15.6. The number of hydrogen-bond acceptors (Lipinski definition) is 10. The zero-order chi connectivity index (χ0) is 22.5. The Morgan fingerprint density at radius 2 is 1.56 bits per heavy atom. The van der Waals surface area contributed by atoms with E-state index in [9.17, 15) is 0 Å². The van der Waals surface area contributed by atoms with Crippen molar-refractivity contribution in [3.63, 3.8) is 0 Å². The summed E-state index contributed by atoms with van der Waals surface area (Å²) in [6, 6.07) is 13.5. The van der Waals surface area contributed by atoms with Crippen LogP contribution in [-0.2, 0) is 0 Å². The highest BCUT2D eigenvalue weighted by Crippen LogP contribution is 2.33. The zero-order valence-corrected chi connectivity index (χ0v) is 18.2.